The summed E-state index contributed by atoms with van der Waals surface area (Å²) >= 11 is 0. The van der Waals surface area contributed by atoms with E-state index in [9.17, 15) is 14.9 Å². The van der Waals surface area contributed by atoms with E-state index in [-0.39, 0.29) is 24.5 Å². The predicted octanol–water partition coefficient (Wildman–Crippen LogP) is 5.01. The van der Waals surface area contributed by atoms with Crippen LogP contribution in [0.25, 0.3) is 0 Å². The Morgan fingerprint density at radius 2 is 1.77 bits per heavy atom. The fourth-order valence-corrected chi connectivity index (χ4v) is 2.71. The zero-order valence-electron chi connectivity index (χ0n) is 16.6. The molecule has 0 N–H and O–H groups in total. The van der Waals surface area contributed by atoms with Gasteiger partial charge in [0.2, 0.25) is 0 Å². The van der Waals surface area contributed by atoms with Gasteiger partial charge >= 0.3 is 5.97 Å². The highest BCUT2D eigenvalue weighted by Crippen LogP contribution is 2.29. The van der Waals surface area contributed by atoms with Crippen LogP contribution in [0.4, 0.5) is 5.69 Å². The van der Waals surface area contributed by atoms with E-state index in [4.69, 9.17) is 19.5 Å². The molecule has 0 bridgehead atoms. The zero-order valence-corrected chi connectivity index (χ0v) is 16.6. The van der Waals surface area contributed by atoms with Gasteiger partial charge in [-0.05, 0) is 48.9 Å². The Hall–Kier alpha value is -4.38. The van der Waals surface area contributed by atoms with Crippen molar-refractivity contribution in [2.45, 2.75) is 13.5 Å². The molecule has 0 aliphatic rings. The van der Waals surface area contributed by atoms with Gasteiger partial charge in [0.25, 0.3) is 5.69 Å². The Kier molecular flexibility index (Phi) is 6.81. The van der Waals surface area contributed by atoms with Crippen molar-refractivity contribution in [2.75, 3.05) is 6.61 Å². The Balaban J connectivity index is 1.84. The number of carbonyl (C=O) groups excluding carboxylic acids is 1. The van der Waals surface area contributed by atoms with Gasteiger partial charge in [-0.3, -0.25) is 10.1 Å². The van der Waals surface area contributed by atoms with Gasteiger partial charge in [-0.25, -0.2) is 4.79 Å². The summed E-state index contributed by atoms with van der Waals surface area (Å²) in [6.07, 6.45) is 0. The molecule has 0 radical (unpaired) electrons. The molecule has 0 heterocycles. The smallest absolute Gasteiger partial charge is 0.338 e. The lowest BCUT2D eigenvalue weighted by molar-refractivity contribution is -0.384. The molecule has 3 rings (SSSR count). The minimum atomic E-state index is -0.534. The maximum Gasteiger partial charge on any atom is 0.338 e. The number of hydrogen-bond acceptors (Lipinski definition) is 7. The van der Waals surface area contributed by atoms with Crippen LogP contribution in [0.5, 0.6) is 17.2 Å². The molecule has 0 saturated carbocycles. The van der Waals surface area contributed by atoms with Crippen LogP contribution in [0.2, 0.25) is 0 Å². The van der Waals surface area contributed by atoms with Crippen molar-refractivity contribution in [1.82, 2.24) is 0 Å². The van der Waals surface area contributed by atoms with E-state index in [0.29, 0.717) is 28.4 Å². The standard InChI is InChI=1S/C23H18N2O6/c1-2-29-23(26)18-11-21(30-15-17-4-3-5-19(10-17)25(27)28)13-22(12-18)31-20-8-6-16(14-24)7-9-20/h3-13H,2,15H2,1H3. The molecular formula is C23H18N2O6. The summed E-state index contributed by atoms with van der Waals surface area (Å²) < 4.78 is 16.6. The molecule has 0 unspecified atom stereocenters. The van der Waals surface area contributed by atoms with Crippen molar-refractivity contribution < 1.29 is 23.9 Å². The lowest BCUT2D eigenvalue weighted by Crippen LogP contribution is -2.06. The van der Waals surface area contributed by atoms with Crippen molar-refractivity contribution in [1.29, 1.82) is 5.26 Å². The third-order valence-corrected chi connectivity index (χ3v) is 4.14. The summed E-state index contributed by atoms with van der Waals surface area (Å²) in [6.45, 7) is 1.97. The number of nitriles is 1. The van der Waals surface area contributed by atoms with Gasteiger partial charge in [0.05, 0.1) is 28.7 Å². The molecule has 0 amide bonds. The highest BCUT2D eigenvalue weighted by atomic mass is 16.6. The third-order valence-electron chi connectivity index (χ3n) is 4.14. The summed E-state index contributed by atoms with van der Waals surface area (Å²) in [5.41, 5.74) is 1.30. The van der Waals surface area contributed by atoms with E-state index in [0.717, 1.165) is 0 Å². The van der Waals surface area contributed by atoms with Crippen molar-refractivity contribution in [3.63, 3.8) is 0 Å². The predicted molar refractivity (Wildman–Crippen MR) is 111 cm³/mol. The van der Waals surface area contributed by atoms with Gasteiger partial charge < -0.3 is 14.2 Å². The van der Waals surface area contributed by atoms with Crippen molar-refractivity contribution in [3.05, 3.63) is 93.5 Å². The summed E-state index contributed by atoms with van der Waals surface area (Å²) in [5, 5.41) is 19.9. The van der Waals surface area contributed by atoms with Crippen LogP contribution in [-0.2, 0) is 11.3 Å². The Morgan fingerprint density at radius 3 is 2.45 bits per heavy atom. The molecule has 0 aromatic heterocycles. The number of nitro benzene ring substituents is 1. The molecule has 0 atom stereocenters. The van der Waals surface area contributed by atoms with Crippen LogP contribution in [-0.4, -0.2) is 17.5 Å². The number of ether oxygens (including phenoxy) is 3. The van der Waals surface area contributed by atoms with E-state index >= 15 is 0 Å². The summed E-state index contributed by atoms with van der Waals surface area (Å²) in [6, 6.07) is 19.3. The highest BCUT2D eigenvalue weighted by Gasteiger charge is 2.13. The van der Waals surface area contributed by atoms with E-state index in [2.05, 4.69) is 0 Å². The molecule has 0 fully saturated rings. The van der Waals surface area contributed by atoms with E-state index in [1.807, 2.05) is 6.07 Å². The summed E-state index contributed by atoms with van der Waals surface area (Å²) in [5.74, 6) is 0.614. The summed E-state index contributed by atoms with van der Waals surface area (Å²) in [4.78, 5) is 22.7. The molecular weight excluding hydrogens is 400 g/mol. The molecule has 8 nitrogen and oxygen atoms in total. The molecule has 0 spiro atoms. The Bertz CT molecular complexity index is 1140. The van der Waals surface area contributed by atoms with Crippen LogP contribution >= 0.6 is 0 Å². The molecule has 8 heteroatoms. The normalized spacial score (nSPS) is 10.1. The van der Waals surface area contributed by atoms with Gasteiger partial charge in [-0.15, -0.1) is 0 Å². The Labute approximate surface area is 178 Å². The number of non-ortho nitro benzene ring substituents is 1. The van der Waals surface area contributed by atoms with Gasteiger partial charge in [-0.1, -0.05) is 12.1 Å². The van der Waals surface area contributed by atoms with Gasteiger partial charge in [0.15, 0.2) is 0 Å². The summed E-state index contributed by atoms with van der Waals surface area (Å²) in [7, 11) is 0. The Morgan fingerprint density at radius 1 is 1.03 bits per heavy atom. The van der Waals surface area contributed by atoms with Crippen molar-refractivity contribution >= 4 is 11.7 Å². The largest absolute Gasteiger partial charge is 0.489 e. The average molecular weight is 418 g/mol. The van der Waals surface area contributed by atoms with Gasteiger partial charge in [0.1, 0.15) is 23.9 Å². The lowest BCUT2D eigenvalue weighted by atomic mass is 10.2. The second kappa shape index (κ2) is 9.89. The first-order chi connectivity index (χ1) is 15.0. The van der Waals surface area contributed by atoms with E-state index in [1.54, 1.807) is 49.4 Å². The monoisotopic (exact) mass is 418 g/mol. The highest BCUT2D eigenvalue weighted by molar-refractivity contribution is 5.90. The van der Waals surface area contributed by atoms with Crippen molar-refractivity contribution in [2.24, 2.45) is 0 Å². The van der Waals surface area contributed by atoms with E-state index in [1.165, 1.54) is 24.3 Å². The topological polar surface area (TPSA) is 112 Å². The van der Waals surface area contributed by atoms with Gasteiger partial charge in [0, 0.05) is 18.2 Å². The molecule has 0 aliphatic carbocycles. The first-order valence-electron chi connectivity index (χ1n) is 9.35. The number of rotatable bonds is 8. The number of nitro groups is 1. The molecule has 31 heavy (non-hydrogen) atoms. The third kappa shape index (κ3) is 5.81. The molecule has 3 aromatic rings. The lowest BCUT2D eigenvalue weighted by Gasteiger charge is -2.12. The molecule has 0 saturated heterocycles. The second-order valence-corrected chi connectivity index (χ2v) is 6.37. The van der Waals surface area contributed by atoms with E-state index < -0.39 is 10.9 Å². The SMILES string of the molecule is CCOC(=O)c1cc(OCc2cccc([N+](=O)[O-])c2)cc(Oc2ccc(C#N)cc2)c1. The fourth-order valence-electron chi connectivity index (χ4n) is 2.71. The van der Waals surface area contributed by atoms with Crippen LogP contribution in [0.1, 0.15) is 28.4 Å². The molecule has 0 aliphatic heterocycles. The first kappa shape index (κ1) is 21.3. The minimum absolute atomic E-state index is 0.0359. The fraction of sp³-hybridized carbons (Fsp3) is 0.130. The molecule has 3 aromatic carbocycles. The van der Waals surface area contributed by atoms with Crippen LogP contribution in [0, 0.1) is 21.4 Å². The maximum absolute atomic E-state index is 12.2. The minimum Gasteiger partial charge on any atom is -0.489 e. The number of nitrogens with zero attached hydrogens (tertiary/aromatic N) is 2. The first-order valence-corrected chi connectivity index (χ1v) is 9.35. The quantitative estimate of drug-likeness (QED) is 0.287. The van der Waals surface area contributed by atoms with Crippen molar-refractivity contribution in [3.8, 4) is 23.3 Å². The van der Waals surface area contributed by atoms with Crippen LogP contribution in [0.3, 0.4) is 0 Å². The maximum atomic E-state index is 12.2. The number of benzene rings is 3. The zero-order chi connectivity index (χ0) is 22.2. The van der Waals surface area contributed by atoms with Gasteiger partial charge in [-0.2, -0.15) is 5.26 Å². The number of esters is 1. The average Bonchev–Trinajstić information content (AvgIpc) is 2.78. The molecule has 156 valence electrons. The number of hydrogen-bond donors (Lipinski definition) is 0. The number of carbonyl (C=O) groups is 1. The second-order valence-electron chi connectivity index (χ2n) is 6.37. The van der Waals surface area contributed by atoms with Crippen LogP contribution in [0.15, 0.2) is 66.7 Å². The van der Waals surface area contributed by atoms with Crippen LogP contribution < -0.4 is 9.47 Å².